The lowest BCUT2D eigenvalue weighted by Crippen LogP contribution is -2.49. The number of hydrogen-bond donors (Lipinski definition) is 0. The fraction of sp³-hybridized carbons (Fsp3) is 0.462. The molecule has 2 aromatic carbocycles. The van der Waals surface area contributed by atoms with Crippen molar-refractivity contribution < 1.29 is 23.5 Å². The fourth-order valence-corrected chi connectivity index (χ4v) is 5.64. The van der Waals surface area contributed by atoms with Crippen LogP contribution in [0, 0.1) is 26.6 Å². The number of esters is 1. The van der Waals surface area contributed by atoms with E-state index in [9.17, 15) is 14.0 Å². The highest BCUT2D eigenvalue weighted by Gasteiger charge is 2.39. The molecule has 0 N–H and O–H groups in total. The van der Waals surface area contributed by atoms with Crippen molar-refractivity contribution in [2.45, 2.75) is 52.4 Å². The zero-order valence-corrected chi connectivity index (χ0v) is 21.2. The molecule has 6 nitrogen and oxygen atoms in total. The highest BCUT2D eigenvalue weighted by molar-refractivity contribution is 8.14. The number of ether oxygens (including phenoxy) is 2. The summed E-state index contributed by atoms with van der Waals surface area (Å²) in [6.45, 7) is 11.8. The van der Waals surface area contributed by atoms with Crippen molar-refractivity contribution in [2.75, 3.05) is 31.1 Å². The molecule has 182 valence electrons. The number of carbonyl (C=O) groups excluding carboxylic acids is 2. The molecule has 0 spiro atoms. The molecule has 1 unspecified atom stereocenters. The number of piperazine rings is 1. The normalized spacial score (nSPS) is 19.9. The van der Waals surface area contributed by atoms with Gasteiger partial charge in [0.1, 0.15) is 17.3 Å². The van der Waals surface area contributed by atoms with Crippen LogP contribution in [0.2, 0.25) is 0 Å². The first-order valence-corrected chi connectivity index (χ1v) is 12.4. The number of benzene rings is 2. The van der Waals surface area contributed by atoms with Gasteiger partial charge in [-0.05, 0) is 86.8 Å². The summed E-state index contributed by atoms with van der Waals surface area (Å²) in [6.07, 6.45) is 1.42. The van der Waals surface area contributed by atoms with Crippen molar-refractivity contribution in [1.82, 2.24) is 4.90 Å². The summed E-state index contributed by atoms with van der Waals surface area (Å²) in [5, 5.41) is 0.00679. The minimum absolute atomic E-state index is 0.00679. The van der Waals surface area contributed by atoms with Crippen molar-refractivity contribution in [3.05, 3.63) is 52.3 Å². The number of amides is 1. The summed E-state index contributed by atoms with van der Waals surface area (Å²) in [5.41, 5.74) is 4.74. The van der Waals surface area contributed by atoms with Crippen LogP contribution in [-0.4, -0.2) is 47.2 Å². The Morgan fingerprint density at radius 3 is 2.29 bits per heavy atom. The molecule has 2 aliphatic rings. The summed E-state index contributed by atoms with van der Waals surface area (Å²) >= 11 is 1.24. The summed E-state index contributed by atoms with van der Waals surface area (Å²) in [4.78, 5) is 28.1. The van der Waals surface area contributed by atoms with Crippen molar-refractivity contribution in [2.24, 2.45) is 0 Å². The van der Waals surface area contributed by atoms with Gasteiger partial charge in [-0.15, -0.1) is 0 Å². The van der Waals surface area contributed by atoms with Crippen molar-refractivity contribution >= 4 is 28.7 Å². The van der Waals surface area contributed by atoms with Crippen LogP contribution >= 0.6 is 11.8 Å². The van der Waals surface area contributed by atoms with Crippen molar-refractivity contribution in [1.29, 1.82) is 0 Å². The standard InChI is InChI=1S/C26H31FN2O4S/c1-16-17(2)24-22(18(3)23(16)32-19(4)30)10-11-26(5,33-24)34-25(31)29-14-12-28(13-15-29)21-8-6-20(27)7-9-21/h6-9H,10-15H2,1-5H3. The smallest absolute Gasteiger partial charge is 0.308 e. The van der Waals surface area contributed by atoms with Crippen molar-refractivity contribution in [3.8, 4) is 11.5 Å². The average molecular weight is 487 g/mol. The van der Waals surface area contributed by atoms with Gasteiger partial charge in [0.05, 0.1) is 0 Å². The molecule has 1 atom stereocenters. The quantitative estimate of drug-likeness (QED) is 0.428. The molecular weight excluding hydrogens is 455 g/mol. The maximum absolute atomic E-state index is 13.2. The van der Waals surface area contributed by atoms with Crippen LogP contribution < -0.4 is 14.4 Å². The number of rotatable bonds is 3. The Kier molecular flexibility index (Phi) is 6.80. The molecule has 4 rings (SSSR count). The van der Waals surface area contributed by atoms with E-state index in [4.69, 9.17) is 9.47 Å². The molecule has 0 bridgehead atoms. The molecule has 0 saturated carbocycles. The Bertz CT molecular complexity index is 1110. The molecule has 1 amide bonds. The first-order valence-electron chi connectivity index (χ1n) is 11.6. The first-order chi connectivity index (χ1) is 16.1. The van der Waals surface area contributed by atoms with E-state index in [0.29, 0.717) is 38.3 Å². The molecule has 1 saturated heterocycles. The predicted molar refractivity (Wildman–Crippen MR) is 132 cm³/mol. The number of thioether (sulfide) groups is 1. The molecule has 2 heterocycles. The molecule has 2 aliphatic heterocycles. The number of nitrogens with zero attached hydrogens (tertiary/aromatic N) is 2. The lowest BCUT2D eigenvalue weighted by Gasteiger charge is -2.40. The molecule has 34 heavy (non-hydrogen) atoms. The molecule has 0 aromatic heterocycles. The highest BCUT2D eigenvalue weighted by atomic mass is 32.2. The zero-order valence-electron chi connectivity index (χ0n) is 20.4. The Hall–Kier alpha value is -2.74. The second-order valence-electron chi connectivity index (χ2n) is 9.16. The van der Waals surface area contributed by atoms with Crippen LogP contribution in [0.15, 0.2) is 24.3 Å². The summed E-state index contributed by atoms with van der Waals surface area (Å²) in [6, 6.07) is 6.47. The number of hydrogen-bond acceptors (Lipinski definition) is 6. The van der Waals surface area contributed by atoms with Crippen LogP contribution in [0.4, 0.5) is 14.9 Å². The van der Waals surface area contributed by atoms with Gasteiger partial charge in [0.15, 0.2) is 4.93 Å². The number of fused-ring (bicyclic) bond motifs is 1. The van der Waals surface area contributed by atoms with Crippen molar-refractivity contribution in [3.63, 3.8) is 0 Å². The van der Waals surface area contributed by atoms with E-state index >= 15 is 0 Å². The number of carbonyl (C=O) groups is 2. The Morgan fingerprint density at radius 2 is 1.68 bits per heavy atom. The van der Waals surface area contributed by atoms with E-state index in [1.165, 1.54) is 30.8 Å². The van der Waals surface area contributed by atoms with Gasteiger partial charge in [0, 0.05) is 50.8 Å². The minimum Gasteiger partial charge on any atom is -0.476 e. The van der Waals surface area contributed by atoms with Gasteiger partial charge < -0.3 is 19.3 Å². The van der Waals surface area contributed by atoms with Gasteiger partial charge in [-0.1, -0.05) is 0 Å². The topological polar surface area (TPSA) is 59.1 Å². The predicted octanol–water partition coefficient (Wildman–Crippen LogP) is 5.39. The molecule has 0 aliphatic carbocycles. The van der Waals surface area contributed by atoms with Crippen LogP contribution in [0.25, 0.3) is 0 Å². The lowest BCUT2D eigenvalue weighted by molar-refractivity contribution is -0.132. The first kappa shape index (κ1) is 24.4. The molecule has 0 radical (unpaired) electrons. The molecule has 1 fully saturated rings. The SMILES string of the molecule is CC(=O)Oc1c(C)c(C)c2c(c1C)CCC(C)(SC(=O)N1CCN(c3ccc(F)cc3)CC1)O2. The van der Waals surface area contributed by atoms with E-state index < -0.39 is 4.93 Å². The molecule has 2 aromatic rings. The van der Waals surface area contributed by atoms with Crippen LogP contribution in [0.3, 0.4) is 0 Å². The van der Waals surface area contributed by atoms with Gasteiger partial charge in [0.2, 0.25) is 0 Å². The fourth-order valence-electron chi connectivity index (χ4n) is 4.63. The van der Waals surface area contributed by atoms with Gasteiger partial charge in [-0.2, -0.15) is 0 Å². The van der Waals surface area contributed by atoms with E-state index in [1.807, 2.05) is 32.6 Å². The second kappa shape index (κ2) is 9.49. The van der Waals surface area contributed by atoms with E-state index in [-0.39, 0.29) is 17.0 Å². The van der Waals surface area contributed by atoms with Crippen LogP contribution in [-0.2, 0) is 11.2 Å². The average Bonchev–Trinajstić information content (AvgIpc) is 2.80. The third-order valence-corrected chi connectivity index (χ3v) is 7.89. The lowest BCUT2D eigenvalue weighted by atomic mass is 9.91. The Morgan fingerprint density at radius 1 is 1.03 bits per heavy atom. The molecule has 8 heteroatoms. The largest absolute Gasteiger partial charge is 0.476 e. The van der Waals surface area contributed by atoms with E-state index in [1.54, 1.807) is 12.1 Å². The monoisotopic (exact) mass is 486 g/mol. The van der Waals surface area contributed by atoms with Gasteiger partial charge in [0.25, 0.3) is 5.24 Å². The van der Waals surface area contributed by atoms with Crippen LogP contribution in [0.1, 0.15) is 42.5 Å². The Balaban J connectivity index is 1.43. The molecular formula is C26H31FN2O4S. The highest BCUT2D eigenvalue weighted by Crippen LogP contribution is 2.47. The van der Waals surface area contributed by atoms with E-state index in [2.05, 4.69) is 4.90 Å². The van der Waals surface area contributed by atoms with Gasteiger partial charge in [-0.25, -0.2) is 4.39 Å². The summed E-state index contributed by atoms with van der Waals surface area (Å²) in [5.74, 6) is 0.812. The number of halogens is 1. The van der Waals surface area contributed by atoms with E-state index in [0.717, 1.165) is 40.1 Å². The second-order valence-corrected chi connectivity index (χ2v) is 10.6. The number of anilines is 1. The zero-order chi connectivity index (χ0) is 24.6. The maximum Gasteiger partial charge on any atom is 0.308 e. The Labute approximate surface area is 204 Å². The summed E-state index contributed by atoms with van der Waals surface area (Å²) < 4.78 is 25.2. The van der Waals surface area contributed by atoms with Gasteiger partial charge in [-0.3, -0.25) is 9.59 Å². The third-order valence-electron chi connectivity index (χ3n) is 6.74. The van der Waals surface area contributed by atoms with Gasteiger partial charge >= 0.3 is 5.97 Å². The summed E-state index contributed by atoms with van der Waals surface area (Å²) in [7, 11) is 0. The minimum atomic E-state index is -0.676. The maximum atomic E-state index is 13.2. The third kappa shape index (κ3) is 4.87. The van der Waals surface area contributed by atoms with Crippen LogP contribution in [0.5, 0.6) is 11.5 Å².